The topological polar surface area (TPSA) is 70.2 Å². The second kappa shape index (κ2) is 9.15. The van der Waals surface area contributed by atoms with Crippen molar-refractivity contribution in [1.82, 2.24) is 10.6 Å². The van der Waals surface area contributed by atoms with Crippen LogP contribution in [0.2, 0.25) is 5.02 Å². The van der Waals surface area contributed by atoms with Gasteiger partial charge < -0.3 is 16.0 Å². The van der Waals surface area contributed by atoms with Crippen molar-refractivity contribution in [1.29, 1.82) is 0 Å². The van der Waals surface area contributed by atoms with Gasteiger partial charge in [-0.3, -0.25) is 9.59 Å². The van der Waals surface area contributed by atoms with E-state index in [1.807, 2.05) is 18.7 Å². The first-order valence-corrected chi connectivity index (χ1v) is 9.32. The predicted octanol–water partition coefficient (Wildman–Crippen LogP) is 2.51. The van der Waals surface area contributed by atoms with Crippen LogP contribution in [-0.4, -0.2) is 42.5 Å². The number of thioether (sulfide) groups is 1. The normalized spacial score (nSPS) is 17.6. The third-order valence-corrected chi connectivity index (χ3v) is 4.91. The van der Waals surface area contributed by atoms with E-state index in [4.69, 9.17) is 11.6 Å². The molecule has 0 bridgehead atoms. The maximum absolute atomic E-state index is 12.1. The fourth-order valence-electron chi connectivity index (χ4n) is 2.30. The third kappa shape index (κ3) is 5.71. The van der Waals surface area contributed by atoms with Gasteiger partial charge in [0.15, 0.2) is 0 Å². The maximum atomic E-state index is 12.1. The van der Waals surface area contributed by atoms with Crippen LogP contribution >= 0.6 is 23.4 Å². The third-order valence-electron chi connectivity index (χ3n) is 3.46. The summed E-state index contributed by atoms with van der Waals surface area (Å²) >= 11 is 8.01. The maximum Gasteiger partial charge on any atom is 0.252 e. The number of hydrogen-bond acceptors (Lipinski definition) is 4. The van der Waals surface area contributed by atoms with Crippen molar-refractivity contribution in [2.75, 3.05) is 29.9 Å². The highest BCUT2D eigenvalue weighted by molar-refractivity contribution is 7.99. The van der Waals surface area contributed by atoms with Crippen LogP contribution in [0.25, 0.3) is 0 Å². The number of amides is 2. The molecule has 23 heavy (non-hydrogen) atoms. The van der Waals surface area contributed by atoms with E-state index in [1.54, 1.807) is 18.2 Å². The molecule has 0 saturated carbocycles. The molecule has 126 valence electrons. The number of anilines is 1. The summed E-state index contributed by atoms with van der Waals surface area (Å²) in [6.45, 7) is 3.54. The summed E-state index contributed by atoms with van der Waals surface area (Å²) in [7, 11) is 0. The van der Waals surface area contributed by atoms with E-state index < -0.39 is 0 Å². The molecule has 0 spiro atoms. The van der Waals surface area contributed by atoms with Crippen molar-refractivity contribution in [3.8, 4) is 0 Å². The lowest BCUT2D eigenvalue weighted by Crippen LogP contribution is -2.39. The van der Waals surface area contributed by atoms with Crippen molar-refractivity contribution in [3.05, 3.63) is 28.8 Å². The Balaban J connectivity index is 1.91. The molecule has 2 rings (SSSR count). The Labute approximate surface area is 145 Å². The molecular formula is C16H22ClN3O2S. The van der Waals surface area contributed by atoms with Crippen LogP contribution in [0, 0.1) is 0 Å². The van der Waals surface area contributed by atoms with Crippen LogP contribution in [0.15, 0.2) is 18.2 Å². The molecule has 1 fully saturated rings. The Morgan fingerprint density at radius 2 is 2.26 bits per heavy atom. The summed E-state index contributed by atoms with van der Waals surface area (Å²) in [5.41, 5.74) is 1.03. The van der Waals surface area contributed by atoms with Crippen LogP contribution in [0.3, 0.4) is 0 Å². The predicted molar refractivity (Wildman–Crippen MR) is 96.4 cm³/mol. The van der Waals surface area contributed by atoms with E-state index in [0.717, 1.165) is 24.5 Å². The summed E-state index contributed by atoms with van der Waals surface area (Å²) in [6, 6.07) is 5.16. The second-order valence-electron chi connectivity index (χ2n) is 5.43. The van der Waals surface area contributed by atoms with Crippen LogP contribution in [0.4, 0.5) is 5.69 Å². The highest BCUT2D eigenvalue weighted by atomic mass is 35.5. The molecule has 0 aliphatic carbocycles. The lowest BCUT2D eigenvalue weighted by molar-refractivity contribution is -0.116. The van der Waals surface area contributed by atoms with Gasteiger partial charge in [-0.2, -0.15) is 11.8 Å². The van der Waals surface area contributed by atoms with Gasteiger partial charge in [0.25, 0.3) is 5.91 Å². The van der Waals surface area contributed by atoms with Gasteiger partial charge in [0.05, 0.1) is 10.6 Å². The van der Waals surface area contributed by atoms with Crippen LogP contribution in [0.1, 0.15) is 30.1 Å². The fraction of sp³-hybridized carbons (Fsp3) is 0.500. The van der Waals surface area contributed by atoms with Crippen LogP contribution in [0.5, 0.6) is 0 Å². The molecule has 1 aromatic carbocycles. The standard InChI is InChI=1S/C16H22ClN3O2S/c1-2-5-19-16(22)13-4-3-11(8-14(13)17)20-15(21)9-12-10-23-7-6-18-12/h3-4,8,12,18H,2,5-7,9-10H2,1H3,(H,19,22)(H,20,21). The van der Waals surface area contributed by atoms with E-state index in [1.165, 1.54) is 0 Å². The molecule has 1 aromatic rings. The highest BCUT2D eigenvalue weighted by Gasteiger charge is 2.17. The fourth-order valence-corrected chi connectivity index (χ4v) is 3.51. The summed E-state index contributed by atoms with van der Waals surface area (Å²) in [5, 5.41) is 9.28. The summed E-state index contributed by atoms with van der Waals surface area (Å²) in [6.07, 6.45) is 1.30. The van der Waals surface area contributed by atoms with Crippen LogP contribution < -0.4 is 16.0 Å². The smallest absolute Gasteiger partial charge is 0.252 e. The SMILES string of the molecule is CCCNC(=O)c1ccc(NC(=O)CC2CSCCN2)cc1Cl. The van der Waals surface area contributed by atoms with E-state index in [-0.39, 0.29) is 17.9 Å². The highest BCUT2D eigenvalue weighted by Crippen LogP contribution is 2.21. The van der Waals surface area contributed by atoms with Gasteiger partial charge >= 0.3 is 0 Å². The van der Waals surface area contributed by atoms with Crippen molar-refractivity contribution in [3.63, 3.8) is 0 Å². The summed E-state index contributed by atoms with van der Waals surface area (Å²) in [5.74, 6) is 1.79. The molecule has 1 aliphatic heterocycles. The number of nitrogens with one attached hydrogen (secondary N) is 3. The molecule has 1 aliphatic rings. The molecule has 1 saturated heterocycles. The molecule has 2 amide bonds. The molecule has 7 heteroatoms. The van der Waals surface area contributed by atoms with Crippen LogP contribution in [-0.2, 0) is 4.79 Å². The van der Waals surface area contributed by atoms with Gasteiger partial charge in [-0.05, 0) is 24.6 Å². The van der Waals surface area contributed by atoms with Crippen molar-refractivity contribution >= 4 is 40.9 Å². The first-order chi connectivity index (χ1) is 11.1. The zero-order chi connectivity index (χ0) is 16.7. The summed E-state index contributed by atoms with van der Waals surface area (Å²) < 4.78 is 0. The first-order valence-electron chi connectivity index (χ1n) is 7.79. The van der Waals surface area contributed by atoms with Gasteiger partial charge in [0.2, 0.25) is 5.91 Å². The molecule has 1 atom stereocenters. The second-order valence-corrected chi connectivity index (χ2v) is 6.99. The molecule has 3 N–H and O–H groups in total. The zero-order valence-corrected chi connectivity index (χ0v) is 14.7. The number of hydrogen-bond donors (Lipinski definition) is 3. The average Bonchev–Trinajstić information content (AvgIpc) is 2.53. The molecule has 0 radical (unpaired) electrons. The number of carbonyl (C=O) groups is 2. The molecule has 1 unspecified atom stereocenters. The van der Waals surface area contributed by atoms with Crippen molar-refractivity contribution in [2.24, 2.45) is 0 Å². The number of rotatable bonds is 6. The Morgan fingerprint density at radius 3 is 2.91 bits per heavy atom. The number of benzene rings is 1. The van der Waals surface area contributed by atoms with Gasteiger partial charge in [-0.25, -0.2) is 0 Å². The average molecular weight is 356 g/mol. The number of halogens is 1. The summed E-state index contributed by atoms with van der Waals surface area (Å²) in [4.78, 5) is 24.0. The Morgan fingerprint density at radius 1 is 1.43 bits per heavy atom. The quantitative estimate of drug-likeness (QED) is 0.733. The number of carbonyl (C=O) groups excluding carboxylic acids is 2. The van der Waals surface area contributed by atoms with Crippen molar-refractivity contribution in [2.45, 2.75) is 25.8 Å². The Bertz CT molecular complexity index is 562. The molecular weight excluding hydrogens is 334 g/mol. The van der Waals surface area contributed by atoms with Gasteiger partial charge in [0, 0.05) is 42.7 Å². The largest absolute Gasteiger partial charge is 0.352 e. The van der Waals surface area contributed by atoms with E-state index >= 15 is 0 Å². The van der Waals surface area contributed by atoms with Crippen molar-refractivity contribution < 1.29 is 9.59 Å². The van der Waals surface area contributed by atoms with Gasteiger partial charge in [0.1, 0.15) is 0 Å². The van der Waals surface area contributed by atoms with E-state index in [9.17, 15) is 9.59 Å². The van der Waals surface area contributed by atoms with E-state index in [2.05, 4.69) is 16.0 Å². The van der Waals surface area contributed by atoms with Gasteiger partial charge in [-0.1, -0.05) is 18.5 Å². The monoisotopic (exact) mass is 355 g/mol. The lowest BCUT2D eigenvalue weighted by atomic mass is 10.1. The minimum Gasteiger partial charge on any atom is -0.352 e. The zero-order valence-electron chi connectivity index (χ0n) is 13.2. The van der Waals surface area contributed by atoms with Gasteiger partial charge in [-0.15, -0.1) is 0 Å². The van der Waals surface area contributed by atoms with E-state index in [0.29, 0.717) is 29.2 Å². The molecule has 0 aromatic heterocycles. The Hall–Kier alpha value is -1.24. The Kier molecular flexibility index (Phi) is 7.20. The molecule has 1 heterocycles. The minimum atomic E-state index is -0.196. The first kappa shape index (κ1) is 18.1. The molecule has 5 nitrogen and oxygen atoms in total. The minimum absolute atomic E-state index is 0.0516. The lowest BCUT2D eigenvalue weighted by Gasteiger charge is -2.22.